The molecule has 0 amide bonds. The van der Waals surface area contributed by atoms with Crippen molar-refractivity contribution < 1.29 is 36.9 Å². The van der Waals surface area contributed by atoms with Crippen LogP contribution >= 0.6 is 11.6 Å². The van der Waals surface area contributed by atoms with E-state index in [1.165, 1.54) is 4.98 Å². The monoisotopic (exact) mass is 438 g/mol. The molecule has 0 bridgehead atoms. The molecular weight excluding hydrogens is 428 g/mol. The molecule has 2 rings (SSSR count). The van der Waals surface area contributed by atoms with Gasteiger partial charge in [0.1, 0.15) is 29.6 Å². The van der Waals surface area contributed by atoms with Gasteiger partial charge in [-0.3, -0.25) is 4.79 Å². The molecule has 0 saturated heterocycles. The van der Waals surface area contributed by atoms with Crippen molar-refractivity contribution in [1.82, 2.24) is 9.55 Å². The van der Waals surface area contributed by atoms with E-state index in [4.69, 9.17) is 26.2 Å². The largest absolute Gasteiger partial charge is 0.497 e. The first-order chi connectivity index (χ1) is 13.4. The number of methoxy groups -OCH3 is 1. The number of rotatable bonds is 6. The molecule has 13 heteroatoms. The number of hydrogen-bond donors (Lipinski definition) is 2. The second-order valence-electron chi connectivity index (χ2n) is 5.34. The highest BCUT2D eigenvalue weighted by Crippen LogP contribution is 2.30. The van der Waals surface area contributed by atoms with Gasteiger partial charge in [0.05, 0.1) is 23.9 Å². The number of aliphatic carboxylic acids is 1. The van der Waals surface area contributed by atoms with Crippen LogP contribution in [-0.4, -0.2) is 34.3 Å². The number of benzene rings is 1. The molecule has 0 spiro atoms. The van der Waals surface area contributed by atoms with Gasteiger partial charge in [-0.05, 0) is 6.07 Å². The summed E-state index contributed by atoms with van der Waals surface area (Å²) in [5.74, 6) is -2.96. The second kappa shape index (κ2) is 8.39. The van der Waals surface area contributed by atoms with Crippen LogP contribution in [0.4, 0.5) is 17.6 Å². The van der Waals surface area contributed by atoms with Crippen molar-refractivity contribution in [2.75, 3.05) is 13.7 Å². The Kier molecular flexibility index (Phi) is 6.37. The Labute approximate surface area is 163 Å². The zero-order valence-corrected chi connectivity index (χ0v) is 15.1. The average molecular weight is 439 g/mol. The molecule has 0 aliphatic heterocycles. The molecule has 1 aromatic heterocycles. The molecule has 0 saturated carbocycles. The lowest BCUT2D eigenvalue weighted by Gasteiger charge is -2.13. The molecule has 1 heterocycles. The smallest absolute Gasteiger partial charge is 0.431 e. The second-order valence-corrected chi connectivity index (χ2v) is 5.74. The van der Waals surface area contributed by atoms with Crippen LogP contribution in [0.3, 0.4) is 0 Å². The summed E-state index contributed by atoms with van der Waals surface area (Å²) in [6.45, 7) is -0.466. The van der Waals surface area contributed by atoms with Crippen molar-refractivity contribution in [2.24, 2.45) is 0 Å². The van der Waals surface area contributed by atoms with E-state index in [-0.39, 0.29) is 27.2 Å². The number of carboxylic acid groups (broad SMARTS) is 1. The number of alkyl halides is 3. The lowest BCUT2D eigenvalue weighted by Crippen LogP contribution is -2.36. The first kappa shape index (κ1) is 22.0. The topological polar surface area (TPSA) is 111 Å². The van der Waals surface area contributed by atoms with Crippen molar-refractivity contribution >= 4 is 17.6 Å². The van der Waals surface area contributed by atoms with Crippen LogP contribution in [0.1, 0.15) is 5.69 Å². The molecule has 0 unspecified atom stereocenters. The fourth-order valence-corrected chi connectivity index (χ4v) is 2.33. The van der Waals surface area contributed by atoms with E-state index < -0.39 is 47.2 Å². The van der Waals surface area contributed by atoms with Crippen LogP contribution < -0.4 is 16.0 Å². The number of aromatic amines is 1. The van der Waals surface area contributed by atoms with E-state index in [1.807, 2.05) is 0 Å². The number of ether oxygens (including phenoxy) is 2. The normalized spacial score (nSPS) is 12.0. The van der Waals surface area contributed by atoms with Crippen molar-refractivity contribution in [2.45, 2.75) is 6.18 Å². The molecule has 2 N–H and O–H groups in total. The minimum absolute atomic E-state index is 0.0919. The van der Waals surface area contributed by atoms with Crippen molar-refractivity contribution in [1.29, 1.82) is 0 Å². The average Bonchev–Trinajstić information content (AvgIpc) is 2.59. The van der Waals surface area contributed by atoms with Gasteiger partial charge in [0.2, 0.25) is 0 Å². The fraction of sp³-hybridized carbons (Fsp3) is 0.188. The first-order valence-corrected chi connectivity index (χ1v) is 7.85. The molecule has 0 aliphatic rings. The maximum Gasteiger partial charge on any atom is 0.431 e. The zero-order chi connectivity index (χ0) is 21.9. The summed E-state index contributed by atoms with van der Waals surface area (Å²) in [6, 6.07) is 1.56. The van der Waals surface area contributed by atoms with Gasteiger partial charge in [-0.15, -0.1) is 0 Å². The minimum Gasteiger partial charge on any atom is -0.497 e. The molecule has 0 atom stereocenters. The molecule has 29 heavy (non-hydrogen) atoms. The van der Waals surface area contributed by atoms with Crippen molar-refractivity contribution in [3.05, 3.63) is 67.4 Å². The maximum atomic E-state index is 14.3. The standard InChI is InChI=1S/C16H11ClF4N2O6/c1-28-7(2-14(25)26)6-29-11-4-10(9(18)3-8(11)17)23-13(24)5-12(16(19,20)21)22-15(23)27/h2-5H,6H2,1H3,(H,22,27)(H,25,26)/b7-2-. The summed E-state index contributed by atoms with van der Waals surface area (Å²) in [5.41, 5.74) is -5.32. The summed E-state index contributed by atoms with van der Waals surface area (Å²) in [6.07, 6.45) is -4.30. The number of aromatic nitrogens is 2. The number of carboxylic acids is 1. The molecule has 1 aromatic carbocycles. The van der Waals surface area contributed by atoms with Crippen LogP contribution in [0.15, 0.2) is 39.6 Å². The van der Waals surface area contributed by atoms with Gasteiger partial charge in [0.25, 0.3) is 5.56 Å². The van der Waals surface area contributed by atoms with Crippen molar-refractivity contribution in [3.63, 3.8) is 0 Å². The minimum atomic E-state index is -4.99. The zero-order valence-electron chi connectivity index (χ0n) is 14.3. The van der Waals surface area contributed by atoms with Gasteiger partial charge in [-0.25, -0.2) is 18.5 Å². The fourth-order valence-electron chi connectivity index (χ4n) is 2.12. The molecule has 0 radical (unpaired) electrons. The number of carbonyl (C=O) groups is 1. The highest BCUT2D eigenvalue weighted by molar-refractivity contribution is 6.32. The van der Waals surface area contributed by atoms with Gasteiger partial charge in [-0.2, -0.15) is 13.2 Å². The lowest BCUT2D eigenvalue weighted by atomic mass is 10.2. The van der Waals surface area contributed by atoms with Gasteiger partial charge in [-0.1, -0.05) is 11.6 Å². The Morgan fingerprint density at radius 3 is 2.48 bits per heavy atom. The maximum absolute atomic E-state index is 14.3. The van der Waals surface area contributed by atoms with E-state index >= 15 is 0 Å². The summed E-state index contributed by atoms with van der Waals surface area (Å²) < 4.78 is 62.4. The van der Waals surface area contributed by atoms with Crippen LogP contribution in [0.2, 0.25) is 5.02 Å². The van der Waals surface area contributed by atoms with Crippen LogP contribution in [0, 0.1) is 5.82 Å². The number of halogens is 5. The third kappa shape index (κ3) is 5.16. The predicted molar refractivity (Wildman–Crippen MR) is 90.9 cm³/mol. The van der Waals surface area contributed by atoms with Gasteiger partial charge >= 0.3 is 17.8 Å². The first-order valence-electron chi connectivity index (χ1n) is 7.47. The van der Waals surface area contributed by atoms with Crippen LogP contribution in [-0.2, 0) is 15.7 Å². The Bertz CT molecular complexity index is 1060. The van der Waals surface area contributed by atoms with Gasteiger partial charge < -0.3 is 19.6 Å². The highest BCUT2D eigenvalue weighted by atomic mass is 35.5. The molecule has 0 fully saturated rings. The molecule has 8 nitrogen and oxygen atoms in total. The highest BCUT2D eigenvalue weighted by Gasteiger charge is 2.33. The van der Waals surface area contributed by atoms with Gasteiger partial charge in [0.15, 0.2) is 0 Å². The molecule has 0 aliphatic carbocycles. The summed E-state index contributed by atoms with van der Waals surface area (Å²) in [7, 11) is 1.16. The third-order valence-corrected chi connectivity index (χ3v) is 3.69. The number of hydrogen-bond acceptors (Lipinski definition) is 5. The Hall–Kier alpha value is -3.28. The summed E-state index contributed by atoms with van der Waals surface area (Å²) in [5, 5.41) is 8.38. The molecule has 2 aromatic rings. The molecule has 156 valence electrons. The van der Waals surface area contributed by atoms with E-state index in [2.05, 4.69) is 0 Å². The van der Waals surface area contributed by atoms with Gasteiger partial charge in [0, 0.05) is 12.1 Å². The Balaban J connectivity index is 2.51. The quantitative estimate of drug-likeness (QED) is 0.407. The van der Waals surface area contributed by atoms with E-state index in [0.29, 0.717) is 12.1 Å². The lowest BCUT2D eigenvalue weighted by molar-refractivity contribution is -0.141. The number of H-pyrrole nitrogens is 1. The Morgan fingerprint density at radius 2 is 1.97 bits per heavy atom. The SMILES string of the molecule is CO/C(=C\C(=O)O)COc1cc(-n2c(=O)cc(C(F)(F)F)[nH]c2=O)c(F)cc1Cl. The van der Waals surface area contributed by atoms with E-state index in [9.17, 15) is 31.9 Å². The number of nitrogens with zero attached hydrogens (tertiary/aromatic N) is 1. The summed E-state index contributed by atoms with van der Waals surface area (Å²) >= 11 is 5.82. The third-order valence-electron chi connectivity index (χ3n) is 3.40. The predicted octanol–water partition coefficient (Wildman–Crippen LogP) is 2.33. The van der Waals surface area contributed by atoms with Crippen molar-refractivity contribution in [3.8, 4) is 11.4 Å². The van der Waals surface area contributed by atoms with Crippen LogP contribution in [0.25, 0.3) is 5.69 Å². The Morgan fingerprint density at radius 1 is 1.31 bits per heavy atom. The number of nitrogens with one attached hydrogen (secondary N) is 1. The van der Waals surface area contributed by atoms with E-state index in [0.717, 1.165) is 13.2 Å². The summed E-state index contributed by atoms with van der Waals surface area (Å²) in [4.78, 5) is 36.1. The molecular formula is C16H11ClF4N2O6. The van der Waals surface area contributed by atoms with Crippen LogP contribution in [0.5, 0.6) is 5.75 Å². The van der Waals surface area contributed by atoms with E-state index in [1.54, 1.807) is 0 Å².